The summed E-state index contributed by atoms with van der Waals surface area (Å²) in [6, 6.07) is 16.7. The van der Waals surface area contributed by atoms with Gasteiger partial charge in [-0.3, -0.25) is 13.7 Å². The van der Waals surface area contributed by atoms with Crippen molar-refractivity contribution in [2.24, 2.45) is 0 Å². The molecule has 0 saturated heterocycles. The molecule has 4 aromatic carbocycles. The fourth-order valence-corrected chi connectivity index (χ4v) is 8.82. The molecule has 8 rings (SSSR count). The Morgan fingerprint density at radius 1 is 0.695 bits per heavy atom. The molecule has 4 N–H and O–H groups in total. The fourth-order valence-electron chi connectivity index (χ4n) is 5.32. The number of benzene rings is 4. The van der Waals surface area contributed by atoms with Crippen LogP contribution in [-0.4, -0.2) is 69.1 Å². The fraction of sp³-hybridized carbons (Fsp3) is 0.152. The van der Waals surface area contributed by atoms with Gasteiger partial charge in [-0.15, -0.1) is 17.6 Å². The van der Waals surface area contributed by atoms with Crippen LogP contribution in [0, 0.1) is 0 Å². The van der Waals surface area contributed by atoms with Gasteiger partial charge in [-0.05, 0) is 54.8 Å². The largest absolute Gasteiger partial charge is 1.00 e. The minimum Gasteiger partial charge on any atom is -0.773 e. The van der Waals surface area contributed by atoms with Crippen LogP contribution in [0.2, 0.25) is 0 Å². The summed E-state index contributed by atoms with van der Waals surface area (Å²) in [4.78, 5) is 5.38. The number of halogens is 5. The van der Waals surface area contributed by atoms with Crippen LogP contribution in [0.5, 0.6) is 23.0 Å². The molecule has 0 fully saturated rings. The van der Waals surface area contributed by atoms with Gasteiger partial charge >= 0.3 is 42.1 Å². The molecule has 2 aliphatic rings. The number of rotatable bonds is 7. The minimum atomic E-state index is -4.21. The first-order valence-corrected chi connectivity index (χ1v) is 22.5. The van der Waals surface area contributed by atoms with Crippen molar-refractivity contribution < 1.29 is 100 Å². The molecule has 1 unspecified atom stereocenters. The third-order valence-electron chi connectivity index (χ3n) is 7.57. The standard InChI is InChI=1S/C16H12F2N2O6S2.C15H9BrF2N2O4S.CH4O2S.CH4.Na/c1-27(21,22)9-5-6-10-12(7-9)19-8-14(10)28(23,24)20-11-3-2-4-13-15(11)26-16(17,18)25-13;16-8-4-5-9-11(6-8)19-7-13(9)25(21,22)20-10-2-1-3-12-14(10)24-15(17,18)23-12;1-4(2)3;;/h2-8,19-20H,1H3;1-7,19-20H;1H3,(H,2,3);1H4;/q;;;;+1/p-1. The number of hydrogen-bond acceptors (Lipinski definition) is 12. The number of aromatic nitrogens is 2. The average Bonchev–Trinajstić information content (AvgIpc) is 3.85. The van der Waals surface area contributed by atoms with Crippen LogP contribution in [0.15, 0.2) is 104 Å². The van der Waals surface area contributed by atoms with Crippen molar-refractivity contribution in [1.29, 1.82) is 0 Å². The van der Waals surface area contributed by atoms with Crippen LogP contribution in [0.4, 0.5) is 28.9 Å². The molecule has 1 atom stereocenters. The van der Waals surface area contributed by atoms with Crippen LogP contribution in [-0.2, 0) is 41.0 Å². The van der Waals surface area contributed by atoms with Gasteiger partial charge in [0.25, 0.3) is 20.0 Å². The zero-order valence-corrected chi connectivity index (χ0v) is 36.4. The van der Waals surface area contributed by atoms with Crippen LogP contribution in [0.1, 0.15) is 7.43 Å². The summed E-state index contributed by atoms with van der Waals surface area (Å²) in [5.74, 6) is -1.34. The van der Waals surface area contributed by atoms with Crippen LogP contribution < -0.4 is 57.9 Å². The van der Waals surface area contributed by atoms with Gasteiger partial charge in [-0.1, -0.05) is 58.7 Å². The normalized spacial score (nSPS) is 15.1. The Morgan fingerprint density at radius 3 is 1.53 bits per heavy atom. The molecule has 59 heavy (non-hydrogen) atoms. The van der Waals surface area contributed by atoms with Crippen molar-refractivity contribution in [3.8, 4) is 23.0 Å². The summed E-state index contributed by atoms with van der Waals surface area (Å²) in [6.07, 6.45) is -3.11. The number of ether oxygens (including phenoxy) is 4. The van der Waals surface area contributed by atoms with Crippen molar-refractivity contribution in [2.45, 2.75) is 34.7 Å². The summed E-state index contributed by atoms with van der Waals surface area (Å²) < 4.78 is 168. The van der Waals surface area contributed by atoms with Gasteiger partial charge in [0.05, 0.1) is 16.3 Å². The van der Waals surface area contributed by atoms with Crippen LogP contribution >= 0.6 is 15.9 Å². The molecule has 4 heterocycles. The molecular formula is C33H28BrF4N4NaO12S4. The van der Waals surface area contributed by atoms with Gasteiger partial charge in [0.15, 0.2) is 32.8 Å². The third kappa shape index (κ3) is 10.8. The molecule has 16 nitrogen and oxygen atoms in total. The Balaban J connectivity index is 0.000000233. The van der Waals surface area contributed by atoms with Crippen molar-refractivity contribution in [1.82, 2.24) is 9.97 Å². The van der Waals surface area contributed by atoms with Crippen molar-refractivity contribution >= 4 is 90.1 Å². The SMILES string of the molecule is C.CS(=O)(=O)c1ccc2c(S(=O)(=O)Nc3cccc4c3OC(F)(F)O4)c[nH]c2c1.CS(=O)[O-].O=S(=O)(Nc1cccc2c1OC(F)(F)O2)c1c[nH]c2cc(Br)ccc12.[Na+]. The molecule has 312 valence electrons. The number of sulfonamides is 2. The van der Waals surface area contributed by atoms with E-state index in [1.54, 1.807) is 18.2 Å². The number of aromatic amines is 2. The maximum Gasteiger partial charge on any atom is 1.00 e. The molecule has 6 aromatic rings. The Labute approximate surface area is 366 Å². The van der Waals surface area contributed by atoms with Crippen molar-refractivity contribution in [2.75, 3.05) is 22.0 Å². The third-order valence-corrected chi connectivity index (χ3v) is 12.0. The quantitative estimate of drug-likeness (QED) is 0.101. The predicted octanol–water partition coefficient (Wildman–Crippen LogP) is 3.88. The number of anilines is 2. The molecule has 0 amide bonds. The maximum atomic E-state index is 13.3. The monoisotopic (exact) mass is 978 g/mol. The van der Waals surface area contributed by atoms with Crippen LogP contribution in [0.3, 0.4) is 0 Å². The summed E-state index contributed by atoms with van der Waals surface area (Å²) >= 11 is 1.44. The number of sulfone groups is 1. The molecule has 0 aliphatic carbocycles. The van der Waals surface area contributed by atoms with E-state index in [0.717, 1.165) is 17.0 Å². The molecule has 2 aliphatic heterocycles. The molecule has 0 spiro atoms. The summed E-state index contributed by atoms with van der Waals surface area (Å²) in [5, 5.41) is 0.695. The Hall–Kier alpha value is -4.08. The van der Waals surface area contributed by atoms with E-state index < -0.39 is 59.3 Å². The second-order valence-corrected chi connectivity index (χ2v) is 18.7. The Bertz CT molecular complexity index is 2910. The Kier molecular flexibility index (Phi) is 14.1. The second kappa shape index (κ2) is 17.5. The van der Waals surface area contributed by atoms with Crippen molar-refractivity contribution in [3.05, 3.63) is 89.7 Å². The first-order valence-electron chi connectivity index (χ1n) is 15.4. The van der Waals surface area contributed by atoms with Gasteiger partial charge in [-0.25, -0.2) is 25.3 Å². The molecular weight excluding hydrogens is 952 g/mol. The summed E-state index contributed by atoms with van der Waals surface area (Å²) in [7, 11) is -11.7. The first-order chi connectivity index (χ1) is 26.4. The number of nitrogens with one attached hydrogen (secondary N) is 4. The zero-order valence-electron chi connectivity index (χ0n) is 29.5. The number of para-hydroxylation sites is 2. The first kappa shape index (κ1) is 47.6. The van der Waals surface area contributed by atoms with Gasteiger partial charge in [0.2, 0.25) is 0 Å². The molecule has 0 radical (unpaired) electrons. The van der Waals surface area contributed by atoms with E-state index >= 15 is 0 Å². The minimum absolute atomic E-state index is 0. The summed E-state index contributed by atoms with van der Waals surface area (Å²) in [6.45, 7) is 0. The zero-order chi connectivity index (χ0) is 41.7. The molecule has 26 heteroatoms. The van der Waals surface area contributed by atoms with Gasteiger partial charge in [-0.2, -0.15) is 0 Å². The number of hydrogen-bond donors (Lipinski definition) is 4. The van der Waals surface area contributed by atoms with E-state index in [4.69, 9.17) is 8.76 Å². The van der Waals surface area contributed by atoms with E-state index in [1.807, 2.05) is 0 Å². The average molecular weight is 980 g/mol. The smallest absolute Gasteiger partial charge is 0.773 e. The van der Waals surface area contributed by atoms with E-state index in [0.29, 0.717) is 10.9 Å². The van der Waals surface area contributed by atoms with Crippen molar-refractivity contribution in [3.63, 3.8) is 0 Å². The Morgan fingerprint density at radius 2 is 1.10 bits per heavy atom. The van der Waals surface area contributed by atoms with Gasteiger partial charge < -0.3 is 33.5 Å². The molecule has 2 aromatic heterocycles. The van der Waals surface area contributed by atoms with Gasteiger partial charge in [0, 0.05) is 44.9 Å². The van der Waals surface area contributed by atoms with Crippen LogP contribution in [0.25, 0.3) is 21.8 Å². The summed E-state index contributed by atoms with van der Waals surface area (Å²) in [5.41, 5.74) is 0.532. The second-order valence-electron chi connectivity index (χ2n) is 11.7. The topological polar surface area (TPSA) is 235 Å². The van der Waals surface area contributed by atoms with E-state index in [9.17, 15) is 42.8 Å². The van der Waals surface area contributed by atoms with Gasteiger partial charge in [0.1, 0.15) is 9.79 Å². The van der Waals surface area contributed by atoms with E-state index in [1.165, 1.54) is 67.0 Å². The van der Waals surface area contributed by atoms with E-state index in [-0.39, 0.29) is 91.2 Å². The molecule has 0 saturated carbocycles. The predicted molar refractivity (Wildman–Crippen MR) is 206 cm³/mol. The molecule has 0 bridgehead atoms. The number of fused-ring (bicyclic) bond motifs is 4. The number of H-pyrrole nitrogens is 2. The van der Waals surface area contributed by atoms with E-state index in [2.05, 4.69) is 54.3 Å². The maximum absolute atomic E-state index is 13.3. The number of alkyl halides is 4.